The van der Waals surface area contributed by atoms with E-state index in [9.17, 15) is 4.79 Å². The van der Waals surface area contributed by atoms with Crippen LogP contribution in [0.1, 0.15) is 84.4 Å². The third-order valence-electron chi connectivity index (χ3n) is 5.65. The lowest BCUT2D eigenvalue weighted by Gasteiger charge is -2.29. The molecule has 2 aromatic heterocycles. The molecular formula is C21H30N4O. The first-order valence-corrected chi connectivity index (χ1v) is 9.65. The first-order chi connectivity index (χ1) is 12.3. The van der Waals surface area contributed by atoms with Gasteiger partial charge in [-0.1, -0.05) is 13.8 Å². The summed E-state index contributed by atoms with van der Waals surface area (Å²) >= 11 is 0. The van der Waals surface area contributed by atoms with Gasteiger partial charge in [0.05, 0.1) is 11.3 Å². The van der Waals surface area contributed by atoms with Gasteiger partial charge in [-0.3, -0.25) is 14.5 Å². The molecule has 0 saturated heterocycles. The average Bonchev–Trinajstić information content (AvgIpc) is 2.96. The molecule has 0 unspecified atom stereocenters. The maximum atomic E-state index is 11.6. The van der Waals surface area contributed by atoms with E-state index in [2.05, 4.69) is 36.5 Å². The van der Waals surface area contributed by atoms with Gasteiger partial charge in [0.15, 0.2) is 0 Å². The molecule has 5 nitrogen and oxygen atoms in total. The zero-order valence-corrected chi connectivity index (χ0v) is 16.3. The van der Waals surface area contributed by atoms with Gasteiger partial charge in [0.25, 0.3) is 5.91 Å². The maximum Gasteiger partial charge on any atom is 0.250 e. The molecule has 26 heavy (non-hydrogen) atoms. The fraction of sp³-hybridized carbons (Fsp3) is 0.571. The largest absolute Gasteiger partial charge is 0.366 e. The molecular weight excluding hydrogens is 324 g/mol. The zero-order valence-electron chi connectivity index (χ0n) is 16.3. The number of carbonyl (C=O) groups is 1. The number of carbonyl (C=O) groups excluding carboxylic acids is 1. The van der Waals surface area contributed by atoms with Crippen molar-refractivity contribution in [2.75, 3.05) is 0 Å². The first kappa shape index (κ1) is 18.6. The van der Waals surface area contributed by atoms with Crippen LogP contribution in [0.15, 0.2) is 18.3 Å². The van der Waals surface area contributed by atoms with Gasteiger partial charge in [-0.2, -0.15) is 5.10 Å². The number of aryl methyl sites for hydroxylation is 2. The molecule has 0 spiro atoms. The number of aromatic nitrogens is 3. The summed E-state index contributed by atoms with van der Waals surface area (Å²) < 4.78 is 2.21. The van der Waals surface area contributed by atoms with Crippen molar-refractivity contribution in [3.63, 3.8) is 0 Å². The first-order valence-electron chi connectivity index (χ1n) is 9.65. The maximum absolute atomic E-state index is 11.6. The lowest BCUT2D eigenvalue weighted by molar-refractivity contribution is 0.0999. The van der Waals surface area contributed by atoms with Crippen LogP contribution in [0.2, 0.25) is 0 Å². The molecule has 0 aliphatic heterocycles. The normalized spacial score (nSPS) is 20.5. The van der Waals surface area contributed by atoms with E-state index >= 15 is 0 Å². The molecule has 140 valence electrons. The van der Waals surface area contributed by atoms with Gasteiger partial charge in [0, 0.05) is 24.1 Å². The Labute approximate surface area is 156 Å². The number of primary amides is 1. The van der Waals surface area contributed by atoms with Crippen molar-refractivity contribution in [1.29, 1.82) is 0 Å². The molecule has 0 radical (unpaired) electrons. The number of hydrogen-bond acceptors (Lipinski definition) is 3. The van der Waals surface area contributed by atoms with E-state index in [0.717, 1.165) is 30.6 Å². The molecule has 5 heteroatoms. The molecule has 1 fully saturated rings. The van der Waals surface area contributed by atoms with Gasteiger partial charge in [-0.25, -0.2) is 0 Å². The van der Waals surface area contributed by atoms with E-state index in [4.69, 9.17) is 10.8 Å². The van der Waals surface area contributed by atoms with Crippen LogP contribution in [0.4, 0.5) is 0 Å². The van der Waals surface area contributed by atoms with Crippen molar-refractivity contribution in [3.8, 4) is 0 Å². The minimum absolute atomic E-state index is 0.388. The van der Waals surface area contributed by atoms with Crippen LogP contribution in [-0.2, 0) is 6.54 Å². The van der Waals surface area contributed by atoms with Gasteiger partial charge in [-0.15, -0.1) is 0 Å². The molecule has 1 aliphatic carbocycles. The second kappa shape index (κ2) is 7.60. The molecule has 2 aromatic rings. The Kier molecular flexibility index (Phi) is 5.44. The molecule has 1 saturated carbocycles. The third kappa shape index (κ3) is 3.97. The highest BCUT2D eigenvalue weighted by molar-refractivity contribution is 5.93. The highest BCUT2D eigenvalue weighted by Gasteiger charge is 2.25. The molecule has 2 N–H and O–H groups in total. The molecule has 1 amide bonds. The van der Waals surface area contributed by atoms with Crippen molar-refractivity contribution >= 4 is 5.91 Å². The number of amides is 1. The Morgan fingerprint density at radius 3 is 2.54 bits per heavy atom. The predicted octanol–water partition coefficient (Wildman–Crippen LogP) is 4.09. The molecule has 1 aliphatic rings. The van der Waals surface area contributed by atoms with Gasteiger partial charge < -0.3 is 5.73 Å². The molecule has 0 atom stereocenters. The van der Waals surface area contributed by atoms with Crippen LogP contribution in [0.5, 0.6) is 0 Å². The Morgan fingerprint density at radius 1 is 1.23 bits per heavy atom. The minimum Gasteiger partial charge on any atom is -0.366 e. The molecule has 3 rings (SSSR count). The van der Waals surface area contributed by atoms with Crippen molar-refractivity contribution in [2.45, 2.75) is 71.8 Å². The third-order valence-corrected chi connectivity index (χ3v) is 5.65. The van der Waals surface area contributed by atoms with E-state index < -0.39 is 0 Å². The number of rotatable bonds is 5. The van der Waals surface area contributed by atoms with E-state index in [1.165, 1.54) is 18.5 Å². The monoisotopic (exact) mass is 354 g/mol. The van der Waals surface area contributed by atoms with Crippen molar-refractivity contribution in [2.24, 2.45) is 11.7 Å². The summed E-state index contributed by atoms with van der Waals surface area (Å²) in [5.74, 6) is 1.25. The van der Waals surface area contributed by atoms with Crippen LogP contribution in [0.25, 0.3) is 0 Å². The number of pyridine rings is 1. The van der Waals surface area contributed by atoms with Crippen molar-refractivity contribution in [1.82, 2.24) is 14.8 Å². The van der Waals surface area contributed by atoms with Crippen LogP contribution < -0.4 is 5.73 Å². The van der Waals surface area contributed by atoms with Crippen LogP contribution >= 0.6 is 0 Å². The average molecular weight is 354 g/mol. The minimum atomic E-state index is -0.388. The van der Waals surface area contributed by atoms with Crippen LogP contribution in [0.3, 0.4) is 0 Å². The summed E-state index contributed by atoms with van der Waals surface area (Å²) in [6, 6.07) is 4.16. The summed E-state index contributed by atoms with van der Waals surface area (Å²) in [6.07, 6.45) is 6.54. The smallest absolute Gasteiger partial charge is 0.250 e. The molecule has 2 heterocycles. The fourth-order valence-corrected chi connectivity index (χ4v) is 4.12. The highest BCUT2D eigenvalue weighted by atomic mass is 16.1. The summed E-state index contributed by atoms with van der Waals surface area (Å²) in [4.78, 5) is 16.0. The predicted molar refractivity (Wildman–Crippen MR) is 103 cm³/mol. The summed E-state index contributed by atoms with van der Waals surface area (Å²) in [5.41, 5.74) is 10.3. The Balaban J connectivity index is 1.65. The second-order valence-electron chi connectivity index (χ2n) is 8.03. The van der Waals surface area contributed by atoms with Gasteiger partial charge in [0.1, 0.15) is 0 Å². The number of hydrogen-bond donors (Lipinski definition) is 1. The van der Waals surface area contributed by atoms with E-state index in [-0.39, 0.29) is 5.91 Å². The zero-order chi connectivity index (χ0) is 18.8. The quantitative estimate of drug-likeness (QED) is 0.879. The van der Waals surface area contributed by atoms with E-state index in [1.807, 2.05) is 19.2 Å². The summed E-state index contributed by atoms with van der Waals surface area (Å²) in [5, 5.41) is 4.70. The van der Waals surface area contributed by atoms with E-state index in [0.29, 0.717) is 29.0 Å². The standard InChI is InChI=1S/C21H30N4O/c1-13(2)20-9-14(3)24-25(20)12-16-5-7-17(8-6-16)18-10-19(21(22)26)15(4)23-11-18/h9-11,13,16-17H,5-8,12H2,1-4H3,(H2,22,26). The number of nitrogens with two attached hydrogens (primary N) is 1. The van der Waals surface area contributed by atoms with Crippen molar-refractivity contribution < 1.29 is 4.79 Å². The van der Waals surface area contributed by atoms with Crippen LogP contribution in [0, 0.1) is 19.8 Å². The Bertz CT molecular complexity index is 785. The SMILES string of the molecule is Cc1cc(C(C)C)n(CC2CCC(c3cnc(C)c(C(N)=O)c3)CC2)n1. The van der Waals surface area contributed by atoms with Crippen molar-refractivity contribution in [3.05, 3.63) is 46.5 Å². The molecule has 0 aromatic carbocycles. The number of nitrogens with zero attached hydrogens (tertiary/aromatic N) is 3. The van der Waals surface area contributed by atoms with Crippen LogP contribution in [-0.4, -0.2) is 20.7 Å². The lowest BCUT2D eigenvalue weighted by Crippen LogP contribution is -2.21. The summed E-state index contributed by atoms with van der Waals surface area (Å²) in [7, 11) is 0. The summed E-state index contributed by atoms with van der Waals surface area (Å²) in [6.45, 7) is 9.36. The fourth-order valence-electron chi connectivity index (χ4n) is 4.12. The Hall–Kier alpha value is -2.17. The van der Waals surface area contributed by atoms with Gasteiger partial charge >= 0.3 is 0 Å². The topological polar surface area (TPSA) is 73.8 Å². The Morgan fingerprint density at radius 2 is 1.92 bits per heavy atom. The van der Waals surface area contributed by atoms with Gasteiger partial charge in [0.2, 0.25) is 0 Å². The highest BCUT2D eigenvalue weighted by Crippen LogP contribution is 2.37. The lowest BCUT2D eigenvalue weighted by atomic mass is 9.78. The van der Waals surface area contributed by atoms with E-state index in [1.54, 1.807) is 0 Å². The molecule has 0 bridgehead atoms. The second-order valence-corrected chi connectivity index (χ2v) is 8.03. The van der Waals surface area contributed by atoms with Gasteiger partial charge in [-0.05, 0) is 75.0 Å².